The normalized spacial score (nSPS) is 14.4. The molecule has 0 radical (unpaired) electrons. The second-order valence-corrected chi connectivity index (χ2v) is 4.00. The van der Waals surface area contributed by atoms with Crippen LogP contribution in [0.2, 0.25) is 0 Å². The summed E-state index contributed by atoms with van der Waals surface area (Å²) < 4.78 is 11.1. The summed E-state index contributed by atoms with van der Waals surface area (Å²) in [7, 11) is 1.92. The number of nitrogens with zero attached hydrogens (tertiary/aromatic N) is 1. The fourth-order valence-corrected chi connectivity index (χ4v) is 1.50. The van der Waals surface area contributed by atoms with E-state index in [2.05, 4.69) is 17.2 Å². The van der Waals surface area contributed by atoms with E-state index in [-0.39, 0.29) is 12.1 Å². The number of pyridine rings is 1. The standard InChI is InChI=1S/C13H22N2O2/c1-5-16-9-10(2)17-13-12(11(3)14-4)7-6-8-15-13/h6-8,10-11,14H,5,9H2,1-4H3. The highest BCUT2D eigenvalue weighted by Crippen LogP contribution is 2.22. The van der Waals surface area contributed by atoms with Gasteiger partial charge in [0.25, 0.3) is 0 Å². The van der Waals surface area contributed by atoms with Crippen LogP contribution in [0.3, 0.4) is 0 Å². The third-order valence-corrected chi connectivity index (χ3v) is 2.57. The van der Waals surface area contributed by atoms with Crippen LogP contribution in [0, 0.1) is 0 Å². The minimum atomic E-state index is 0.00709. The first-order valence-electron chi connectivity index (χ1n) is 6.05. The monoisotopic (exact) mass is 238 g/mol. The number of aromatic nitrogens is 1. The van der Waals surface area contributed by atoms with Gasteiger partial charge in [0.15, 0.2) is 0 Å². The highest BCUT2D eigenvalue weighted by molar-refractivity contribution is 5.28. The van der Waals surface area contributed by atoms with Gasteiger partial charge in [0.2, 0.25) is 5.88 Å². The van der Waals surface area contributed by atoms with Gasteiger partial charge in [-0.3, -0.25) is 0 Å². The molecule has 0 bridgehead atoms. The van der Waals surface area contributed by atoms with Crippen LogP contribution in [0.5, 0.6) is 5.88 Å². The first kappa shape index (κ1) is 13.9. The fraction of sp³-hybridized carbons (Fsp3) is 0.615. The third-order valence-electron chi connectivity index (χ3n) is 2.57. The Hall–Kier alpha value is -1.13. The Morgan fingerprint density at radius 3 is 2.82 bits per heavy atom. The van der Waals surface area contributed by atoms with Gasteiger partial charge in [0.05, 0.1) is 6.61 Å². The fourth-order valence-electron chi connectivity index (χ4n) is 1.50. The Bertz CT molecular complexity index is 331. The summed E-state index contributed by atoms with van der Waals surface area (Å²) in [6.45, 7) is 7.33. The van der Waals surface area contributed by atoms with Crippen LogP contribution in [0.25, 0.3) is 0 Å². The molecule has 0 saturated heterocycles. The zero-order valence-electron chi connectivity index (χ0n) is 11.1. The molecular weight excluding hydrogens is 216 g/mol. The van der Waals surface area contributed by atoms with Gasteiger partial charge in [-0.2, -0.15) is 0 Å². The van der Waals surface area contributed by atoms with Gasteiger partial charge < -0.3 is 14.8 Å². The average Bonchev–Trinajstić information content (AvgIpc) is 2.36. The van der Waals surface area contributed by atoms with E-state index in [4.69, 9.17) is 9.47 Å². The molecule has 0 aliphatic rings. The third kappa shape index (κ3) is 4.32. The van der Waals surface area contributed by atoms with E-state index in [0.29, 0.717) is 19.1 Å². The Morgan fingerprint density at radius 2 is 2.18 bits per heavy atom. The summed E-state index contributed by atoms with van der Waals surface area (Å²) in [6, 6.07) is 4.16. The molecule has 0 saturated carbocycles. The molecule has 1 rings (SSSR count). The Kier molecular flexibility index (Phi) is 5.94. The van der Waals surface area contributed by atoms with Crippen molar-refractivity contribution in [1.82, 2.24) is 10.3 Å². The summed E-state index contributed by atoms with van der Waals surface area (Å²) in [4.78, 5) is 4.28. The molecule has 0 fully saturated rings. The summed E-state index contributed by atoms with van der Waals surface area (Å²) in [5, 5.41) is 3.19. The molecule has 0 amide bonds. The van der Waals surface area contributed by atoms with Crippen LogP contribution in [-0.4, -0.2) is 31.3 Å². The lowest BCUT2D eigenvalue weighted by molar-refractivity contribution is 0.0625. The molecule has 4 heteroatoms. The summed E-state index contributed by atoms with van der Waals surface area (Å²) in [5.74, 6) is 0.682. The summed E-state index contributed by atoms with van der Waals surface area (Å²) >= 11 is 0. The largest absolute Gasteiger partial charge is 0.472 e. The molecule has 1 N–H and O–H groups in total. The maximum absolute atomic E-state index is 5.79. The van der Waals surface area contributed by atoms with E-state index in [1.54, 1.807) is 6.20 Å². The van der Waals surface area contributed by atoms with E-state index in [0.717, 1.165) is 5.56 Å². The van der Waals surface area contributed by atoms with E-state index in [1.165, 1.54) is 0 Å². The molecule has 0 spiro atoms. The van der Waals surface area contributed by atoms with Gasteiger partial charge in [0, 0.05) is 24.4 Å². The van der Waals surface area contributed by atoms with Crippen LogP contribution in [0.15, 0.2) is 18.3 Å². The van der Waals surface area contributed by atoms with Crippen molar-refractivity contribution in [2.24, 2.45) is 0 Å². The van der Waals surface area contributed by atoms with Crippen LogP contribution >= 0.6 is 0 Å². The number of rotatable bonds is 7. The first-order chi connectivity index (χ1) is 8.19. The van der Waals surface area contributed by atoms with Gasteiger partial charge in [-0.25, -0.2) is 4.98 Å². The number of hydrogen-bond donors (Lipinski definition) is 1. The van der Waals surface area contributed by atoms with Crippen molar-refractivity contribution >= 4 is 0 Å². The predicted molar refractivity (Wildman–Crippen MR) is 68.3 cm³/mol. The number of ether oxygens (including phenoxy) is 2. The SMILES string of the molecule is CCOCC(C)Oc1ncccc1C(C)NC. The summed E-state index contributed by atoms with van der Waals surface area (Å²) in [6.07, 6.45) is 1.75. The van der Waals surface area contributed by atoms with E-state index in [1.807, 2.05) is 33.0 Å². The molecule has 96 valence electrons. The van der Waals surface area contributed by atoms with Crippen molar-refractivity contribution < 1.29 is 9.47 Å². The molecule has 17 heavy (non-hydrogen) atoms. The second-order valence-electron chi connectivity index (χ2n) is 4.00. The highest BCUT2D eigenvalue weighted by atomic mass is 16.5. The smallest absolute Gasteiger partial charge is 0.218 e. The lowest BCUT2D eigenvalue weighted by atomic mass is 10.1. The van der Waals surface area contributed by atoms with Gasteiger partial charge in [-0.05, 0) is 33.9 Å². The second kappa shape index (κ2) is 7.25. The zero-order chi connectivity index (χ0) is 12.7. The molecule has 2 atom stereocenters. The van der Waals surface area contributed by atoms with Crippen molar-refractivity contribution in [2.45, 2.75) is 32.9 Å². The van der Waals surface area contributed by atoms with Crippen LogP contribution < -0.4 is 10.1 Å². The van der Waals surface area contributed by atoms with Gasteiger partial charge in [-0.1, -0.05) is 6.07 Å². The average molecular weight is 238 g/mol. The van der Waals surface area contributed by atoms with E-state index < -0.39 is 0 Å². The molecule has 2 unspecified atom stereocenters. The topological polar surface area (TPSA) is 43.4 Å². The Labute approximate surface area is 103 Å². The molecule has 0 aliphatic carbocycles. The first-order valence-corrected chi connectivity index (χ1v) is 6.05. The predicted octanol–water partition coefficient (Wildman–Crippen LogP) is 2.17. The zero-order valence-corrected chi connectivity index (χ0v) is 11.1. The summed E-state index contributed by atoms with van der Waals surface area (Å²) in [5.41, 5.74) is 1.07. The van der Waals surface area contributed by atoms with Crippen molar-refractivity contribution in [3.63, 3.8) is 0 Å². The van der Waals surface area contributed by atoms with Gasteiger partial charge in [-0.15, -0.1) is 0 Å². The number of hydrogen-bond acceptors (Lipinski definition) is 4. The maximum atomic E-state index is 5.79. The molecule has 1 aromatic rings. The van der Waals surface area contributed by atoms with E-state index >= 15 is 0 Å². The Morgan fingerprint density at radius 1 is 1.41 bits per heavy atom. The van der Waals surface area contributed by atoms with Crippen LogP contribution in [0.1, 0.15) is 32.4 Å². The number of nitrogens with one attached hydrogen (secondary N) is 1. The van der Waals surface area contributed by atoms with Gasteiger partial charge >= 0.3 is 0 Å². The molecule has 1 aromatic heterocycles. The quantitative estimate of drug-likeness (QED) is 0.790. The van der Waals surface area contributed by atoms with Crippen LogP contribution in [0.4, 0.5) is 0 Å². The molecule has 0 aromatic carbocycles. The lowest BCUT2D eigenvalue weighted by Gasteiger charge is -2.18. The Balaban J connectivity index is 2.69. The van der Waals surface area contributed by atoms with Crippen molar-refractivity contribution in [2.75, 3.05) is 20.3 Å². The van der Waals surface area contributed by atoms with Crippen LogP contribution in [-0.2, 0) is 4.74 Å². The van der Waals surface area contributed by atoms with Crippen molar-refractivity contribution in [3.05, 3.63) is 23.9 Å². The molecular formula is C13H22N2O2. The van der Waals surface area contributed by atoms with Gasteiger partial charge in [0.1, 0.15) is 6.10 Å². The highest BCUT2D eigenvalue weighted by Gasteiger charge is 2.13. The minimum Gasteiger partial charge on any atom is -0.472 e. The lowest BCUT2D eigenvalue weighted by Crippen LogP contribution is -2.22. The molecule has 1 heterocycles. The van der Waals surface area contributed by atoms with Crippen molar-refractivity contribution in [3.8, 4) is 5.88 Å². The molecule has 0 aliphatic heterocycles. The minimum absolute atomic E-state index is 0.00709. The van der Waals surface area contributed by atoms with E-state index in [9.17, 15) is 0 Å². The maximum Gasteiger partial charge on any atom is 0.218 e. The van der Waals surface area contributed by atoms with Crippen molar-refractivity contribution in [1.29, 1.82) is 0 Å². The molecule has 4 nitrogen and oxygen atoms in total.